The summed E-state index contributed by atoms with van der Waals surface area (Å²) in [6.45, 7) is 5.92. The summed E-state index contributed by atoms with van der Waals surface area (Å²) >= 11 is 0. The van der Waals surface area contributed by atoms with Crippen LogP contribution < -0.4 is 10.2 Å². The van der Waals surface area contributed by atoms with E-state index in [1.165, 1.54) is 24.9 Å². The quantitative estimate of drug-likeness (QED) is 0.904. The van der Waals surface area contributed by atoms with E-state index >= 15 is 0 Å². The Labute approximate surface area is 114 Å². The van der Waals surface area contributed by atoms with Crippen LogP contribution in [0.5, 0.6) is 0 Å². The summed E-state index contributed by atoms with van der Waals surface area (Å²) in [4.78, 5) is 13.9. The molecule has 0 saturated carbocycles. The molecule has 1 fully saturated rings. The van der Waals surface area contributed by atoms with E-state index in [1.54, 1.807) is 0 Å². The molecule has 1 saturated heterocycles. The van der Waals surface area contributed by atoms with Crippen LogP contribution in [0.1, 0.15) is 33.1 Å². The summed E-state index contributed by atoms with van der Waals surface area (Å²) in [5, 5.41) is 2.72. The number of hydrogen-bond acceptors (Lipinski definition) is 3. The minimum Gasteiger partial charge on any atom is -0.447 e. The topological polar surface area (TPSA) is 41.6 Å². The second kappa shape index (κ2) is 6.45. The Bertz CT molecular complexity index is 409. The SMILES string of the molecule is CC(C)OC(=O)Nc1ccc(N2CCCCC2)cc1. The van der Waals surface area contributed by atoms with Crippen LogP contribution in [0, 0.1) is 0 Å². The van der Waals surface area contributed by atoms with Crippen LogP contribution in [0.2, 0.25) is 0 Å². The van der Waals surface area contributed by atoms with Crippen LogP contribution in [-0.2, 0) is 4.74 Å². The van der Waals surface area contributed by atoms with E-state index in [2.05, 4.69) is 22.3 Å². The highest BCUT2D eigenvalue weighted by atomic mass is 16.6. The Balaban J connectivity index is 1.92. The van der Waals surface area contributed by atoms with Gasteiger partial charge in [0.05, 0.1) is 6.10 Å². The first kappa shape index (κ1) is 13.7. The molecule has 4 heteroatoms. The molecule has 0 unspecified atom stereocenters. The van der Waals surface area contributed by atoms with Crippen molar-refractivity contribution in [1.29, 1.82) is 0 Å². The van der Waals surface area contributed by atoms with Gasteiger partial charge >= 0.3 is 6.09 Å². The molecule has 0 aromatic heterocycles. The minimum atomic E-state index is -0.402. The van der Waals surface area contributed by atoms with Gasteiger partial charge in [-0.2, -0.15) is 0 Å². The van der Waals surface area contributed by atoms with Gasteiger partial charge in [-0.15, -0.1) is 0 Å². The molecule has 1 aromatic carbocycles. The minimum absolute atomic E-state index is 0.104. The highest BCUT2D eigenvalue weighted by Gasteiger charge is 2.11. The van der Waals surface area contributed by atoms with Crippen LogP contribution in [0.15, 0.2) is 24.3 Å². The third-order valence-corrected chi connectivity index (χ3v) is 3.18. The Morgan fingerprint density at radius 2 is 1.79 bits per heavy atom. The third-order valence-electron chi connectivity index (χ3n) is 3.18. The van der Waals surface area contributed by atoms with Crippen molar-refractivity contribution in [2.24, 2.45) is 0 Å². The summed E-state index contributed by atoms with van der Waals surface area (Å²) < 4.78 is 5.04. The number of nitrogens with one attached hydrogen (secondary N) is 1. The molecule has 1 N–H and O–H groups in total. The van der Waals surface area contributed by atoms with E-state index in [0.29, 0.717) is 0 Å². The molecule has 1 aliphatic rings. The lowest BCUT2D eigenvalue weighted by atomic mass is 10.1. The predicted molar refractivity (Wildman–Crippen MR) is 77.7 cm³/mol. The maximum Gasteiger partial charge on any atom is 0.411 e. The second-order valence-electron chi connectivity index (χ2n) is 5.17. The number of benzene rings is 1. The first-order valence-corrected chi connectivity index (χ1v) is 6.98. The number of rotatable bonds is 3. The molecule has 1 heterocycles. The van der Waals surface area contributed by atoms with E-state index in [9.17, 15) is 4.79 Å². The first-order chi connectivity index (χ1) is 9.15. The van der Waals surface area contributed by atoms with Crippen molar-refractivity contribution in [2.45, 2.75) is 39.2 Å². The predicted octanol–water partition coefficient (Wildman–Crippen LogP) is 3.63. The molecule has 19 heavy (non-hydrogen) atoms. The zero-order valence-electron chi connectivity index (χ0n) is 11.7. The summed E-state index contributed by atoms with van der Waals surface area (Å²) in [6, 6.07) is 7.95. The van der Waals surface area contributed by atoms with Crippen molar-refractivity contribution in [3.05, 3.63) is 24.3 Å². The Morgan fingerprint density at radius 1 is 1.16 bits per heavy atom. The molecule has 1 amide bonds. The largest absolute Gasteiger partial charge is 0.447 e. The van der Waals surface area contributed by atoms with Gasteiger partial charge in [-0.3, -0.25) is 5.32 Å². The van der Waals surface area contributed by atoms with Gasteiger partial charge in [0.1, 0.15) is 0 Å². The molecule has 4 nitrogen and oxygen atoms in total. The summed E-state index contributed by atoms with van der Waals surface area (Å²) in [5.41, 5.74) is 1.99. The number of hydrogen-bond donors (Lipinski definition) is 1. The van der Waals surface area contributed by atoms with E-state index < -0.39 is 6.09 Å². The van der Waals surface area contributed by atoms with Crippen LogP contribution >= 0.6 is 0 Å². The number of amides is 1. The fraction of sp³-hybridized carbons (Fsp3) is 0.533. The number of piperidine rings is 1. The molecule has 104 valence electrons. The molecule has 0 bridgehead atoms. The molecule has 0 spiro atoms. The molecular weight excluding hydrogens is 240 g/mol. The molecule has 1 aromatic rings. The summed E-state index contributed by atoms with van der Waals surface area (Å²) in [6.07, 6.45) is 3.35. The van der Waals surface area contributed by atoms with Crippen LogP contribution in [-0.4, -0.2) is 25.3 Å². The van der Waals surface area contributed by atoms with Gasteiger partial charge in [-0.25, -0.2) is 4.79 Å². The zero-order valence-corrected chi connectivity index (χ0v) is 11.7. The van der Waals surface area contributed by atoms with Gasteiger partial charge in [0.2, 0.25) is 0 Å². The van der Waals surface area contributed by atoms with Gasteiger partial charge < -0.3 is 9.64 Å². The lowest BCUT2D eigenvalue weighted by molar-refractivity contribution is 0.130. The highest BCUT2D eigenvalue weighted by Crippen LogP contribution is 2.21. The van der Waals surface area contributed by atoms with E-state index in [-0.39, 0.29) is 6.10 Å². The van der Waals surface area contributed by atoms with Crippen molar-refractivity contribution in [3.8, 4) is 0 Å². The first-order valence-electron chi connectivity index (χ1n) is 6.98. The number of carbonyl (C=O) groups is 1. The van der Waals surface area contributed by atoms with Crippen LogP contribution in [0.4, 0.5) is 16.2 Å². The standard InChI is InChI=1S/C15H22N2O2/c1-12(2)19-15(18)16-13-6-8-14(9-7-13)17-10-4-3-5-11-17/h6-9,12H,3-5,10-11H2,1-2H3,(H,16,18). The molecule has 0 aliphatic carbocycles. The molecule has 1 aliphatic heterocycles. The fourth-order valence-electron chi connectivity index (χ4n) is 2.27. The van der Waals surface area contributed by atoms with E-state index in [0.717, 1.165) is 18.8 Å². The number of anilines is 2. The smallest absolute Gasteiger partial charge is 0.411 e. The maximum atomic E-state index is 11.5. The fourth-order valence-corrected chi connectivity index (χ4v) is 2.27. The molecular formula is C15H22N2O2. The molecule has 2 rings (SSSR count). The van der Waals surface area contributed by atoms with Gasteiger partial charge in [0.15, 0.2) is 0 Å². The van der Waals surface area contributed by atoms with Gasteiger partial charge in [0, 0.05) is 24.5 Å². The van der Waals surface area contributed by atoms with Crippen LogP contribution in [0.3, 0.4) is 0 Å². The zero-order chi connectivity index (χ0) is 13.7. The average Bonchev–Trinajstić information content (AvgIpc) is 2.39. The van der Waals surface area contributed by atoms with Crippen LogP contribution in [0.25, 0.3) is 0 Å². The number of nitrogens with zero attached hydrogens (tertiary/aromatic N) is 1. The van der Waals surface area contributed by atoms with E-state index in [1.807, 2.05) is 26.0 Å². The van der Waals surface area contributed by atoms with Crippen molar-refractivity contribution in [1.82, 2.24) is 0 Å². The summed E-state index contributed by atoms with van der Waals surface area (Å²) in [7, 11) is 0. The lowest BCUT2D eigenvalue weighted by Gasteiger charge is -2.28. The van der Waals surface area contributed by atoms with Gasteiger partial charge in [-0.1, -0.05) is 0 Å². The third kappa shape index (κ3) is 4.16. The van der Waals surface area contributed by atoms with Crippen molar-refractivity contribution < 1.29 is 9.53 Å². The number of carbonyl (C=O) groups excluding carboxylic acids is 1. The Morgan fingerprint density at radius 3 is 2.37 bits per heavy atom. The Hall–Kier alpha value is -1.71. The average molecular weight is 262 g/mol. The normalized spacial score (nSPS) is 15.4. The van der Waals surface area contributed by atoms with Crippen molar-refractivity contribution in [2.75, 3.05) is 23.3 Å². The number of ether oxygens (including phenoxy) is 1. The van der Waals surface area contributed by atoms with Gasteiger partial charge in [0.25, 0.3) is 0 Å². The van der Waals surface area contributed by atoms with Crippen molar-refractivity contribution in [3.63, 3.8) is 0 Å². The van der Waals surface area contributed by atoms with Gasteiger partial charge in [-0.05, 0) is 57.4 Å². The molecule has 0 atom stereocenters. The molecule has 0 radical (unpaired) electrons. The van der Waals surface area contributed by atoms with E-state index in [4.69, 9.17) is 4.74 Å². The lowest BCUT2D eigenvalue weighted by Crippen LogP contribution is -2.29. The highest BCUT2D eigenvalue weighted by molar-refractivity contribution is 5.84. The monoisotopic (exact) mass is 262 g/mol. The second-order valence-corrected chi connectivity index (χ2v) is 5.17. The summed E-state index contributed by atoms with van der Waals surface area (Å²) in [5.74, 6) is 0. The van der Waals surface area contributed by atoms with Crippen molar-refractivity contribution >= 4 is 17.5 Å². The Kier molecular flexibility index (Phi) is 4.66. The maximum absolute atomic E-state index is 11.5.